The second-order valence-corrected chi connectivity index (χ2v) is 27.7. The molecule has 0 saturated heterocycles. The second-order valence-electron chi connectivity index (χ2n) is 27.7. The van der Waals surface area contributed by atoms with E-state index < -0.39 is 387 Å². The summed E-state index contributed by atoms with van der Waals surface area (Å²) in [7, 11) is 0. The van der Waals surface area contributed by atoms with E-state index in [2.05, 4.69) is 29.9 Å². The highest BCUT2D eigenvalue weighted by molar-refractivity contribution is 6.08. The molecule has 36 nitrogen and oxygen atoms in total. The van der Waals surface area contributed by atoms with Crippen molar-refractivity contribution in [3.05, 3.63) is 206 Å². The quantitative estimate of drug-likeness (QED) is 0.0727. The van der Waals surface area contributed by atoms with Crippen LogP contribution in [0.15, 0.2) is 138 Å². The van der Waals surface area contributed by atoms with E-state index in [0.29, 0.717) is 18.3 Å². The highest BCUT2D eigenvalue weighted by atomic mass is 16.2. The van der Waals surface area contributed by atoms with Crippen LogP contribution < -0.4 is 67.8 Å². The third-order valence-electron chi connectivity index (χ3n) is 19.2. The monoisotopic (exact) mass is 1750 g/mol. The molecule has 648 valence electrons. The Bertz CT molecular complexity index is 8810. The van der Waals surface area contributed by atoms with Crippen LogP contribution in [-0.4, -0.2) is 127 Å². The zero-order valence-corrected chi connectivity index (χ0v) is 66.3. The lowest BCUT2D eigenvalue weighted by Crippen LogP contribution is -2.36. The lowest BCUT2D eigenvalue weighted by molar-refractivity contribution is -0.133. The fourth-order valence-corrected chi connectivity index (χ4v) is 13.5. The number of aryl methyl sites for hydroxylation is 6. The summed E-state index contributed by atoms with van der Waals surface area (Å²) in [5, 5.41) is -2.63. The Morgan fingerprint density at radius 1 is 0.270 bits per heavy atom. The average molecular weight is 1750 g/mol. The van der Waals surface area contributed by atoms with E-state index in [0.717, 1.165) is 29.9 Å². The number of hydrogen-bond acceptors (Lipinski definition) is 30. The third kappa shape index (κ3) is 17.8. The summed E-state index contributed by atoms with van der Waals surface area (Å²) >= 11 is 0. The predicted molar refractivity (Wildman–Crippen MR) is 468 cm³/mol. The molecule has 6 aromatic carbocycles. The van der Waals surface area contributed by atoms with E-state index in [4.69, 9.17) is 87.9 Å². The Hall–Kier alpha value is -15.0. The third-order valence-corrected chi connectivity index (χ3v) is 19.2. The van der Waals surface area contributed by atoms with Crippen LogP contribution in [0.25, 0.3) is 65.4 Å². The van der Waals surface area contributed by atoms with Gasteiger partial charge in [-0.2, -0.15) is 0 Å². The molecule has 12 N–H and O–H groups in total. The van der Waals surface area contributed by atoms with Crippen LogP contribution >= 0.6 is 0 Å². The largest absolute Gasteiger partial charge is 0.398 e. The van der Waals surface area contributed by atoms with Crippen LogP contribution in [0.4, 0.5) is 34.1 Å². The van der Waals surface area contributed by atoms with Gasteiger partial charge in [0.25, 0.3) is 33.4 Å². The molecule has 126 heavy (non-hydrogen) atoms. The Kier molecular flexibility index (Phi) is 14.9. The maximum absolute atomic E-state index is 13.2. The van der Waals surface area contributed by atoms with Crippen molar-refractivity contribution in [1.29, 1.82) is 0 Å². The number of nitrogen functional groups attached to an aromatic ring is 6. The molecule has 6 fully saturated rings. The number of anilines is 6. The molecular formula is C90H90N18O18. The summed E-state index contributed by atoms with van der Waals surface area (Å²) < 4.78 is 314. The normalized spacial score (nSPS) is 29.8. The van der Waals surface area contributed by atoms with Crippen molar-refractivity contribution in [2.75, 3.05) is 34.4 Å². The zero-order chi connectivity index (χ0) is 125. The van der Waals surface area contributed by atoms with E-state index in [9.17, 15) is 86.3 Å². The van der Waals surface area contributed by atoms with Gasteiger partial charge in [0.05, 0.1) is 172 Å². The van der Waals surface area contributed by atoms with Crippen molar-refractivity contribution in [3.8, 4) is 0 Å². The highest BCUT2D eigenvalue weighted by Gasteiger charge is 2.38. The Morgan fingerprint density at radius 3 is 0.698 bits per heavy atom. The Morgan fingerprint density at radius 2 is 0.460 bits per heavy atom. The second kappa shape index (κ2) is 36.6. The smallest absolute Gasteiger partial charge is 0.264 e. The Labute approximate surface area is 769 Å². The van der Waals surface area contributed by atoms with E-state index in [1.165, 1.54) is 20.8 Å². The maximum atomic E-state index is 13.2. The van der Waals surface area contributed by atoms with Gasteiger partial charge in [-0.15, -0.1) is 0 Å². The number of rotatable bonds is 6. The van der Waals surface area contributed by atoms with Crippen LogP contribution in [0.2, 0.25) is 0 Å². The number of aromatic nitrogens is 12. The van der Waals surface area contributed by atoms with Gasteiger partial charge in [0.15, 0.2) is 34.7 Å². The summed E-state index contributed by atoms with van der Waals surface area (Å²) in [6, 6.07) is -25.3. The number of carbonyl (C=O) groups excluding carboxylic acids is 12. The lowest BCUT2D eigenvalue weighted by Gasteiger charge is -2.24. The van der Waals surface area contributed by atoms with E-state index in [1.54, 1.807) is 0 Å². The molecule has 12 aromatic rings. The van der Waals surface area contributed by atoms with E-state index in [1.807, 2.05) is 0 Å². The molecule has 0 radical (unpaired) electrons. The Balaban J connectivity index is 0.000000163. The molecule has 18 rings (SSSR count). The molecule has 36 heteroatoms. The van der Waals surface area contributed by atoms with Crippen molar-refractivity contribution >= 4 is 169 Å². The molecular weight excluding hydrogens is 1620 g/mol. The molecule has 6 heterocycles. The summed E-state index contributed by atoms with van der Waals surface area (Å²) in [5.41, 5.74) is 23.8. The SMILES string of the molecule is [2H]c1c([2H])c(N)c2c(=O)n(C3([2H])C(=O)CC(=O)C([2H])([2H])C3([2H])[2H])c(C)nc2c1[2H].[2H]c1c([2H])c(N)c2c(=O)n(C3C(=O)CC(=O)C([2H])([2H])C3([2H])[2H])c(C)nc2c1[2H].[2H]c1c([2H])c(N)c2c(=O)n([C@@]3([2H])C(=O)CC(=O)C([2H])([2H])C3([2H])[2H])c(C)nc2c1[2H].[2H]c1c([2H])c(N)c2c(=O)n([C@@]3([2H])CCC(=O)CC3=O)c(C)nc2c1[2H].[2H]c1c([2H])c(N)c2c(=O)n([C@]3([2H])C(=O)CC(=O)C([2H])([2H])C3([2H])[2H])c(C)nc2c1[2H].[2H]c1c([2H])c(N)c2c(=O)n([C@]3([2H])CCC(=O)CC3=O)c(C)nc2c1[2H]. The van der Waals surface area contributed by atoms with Crippen molar-refractivity contribution in [2.45, 2.75) is 193 Å². The minimum absolute atomic E-state index is 0.00626. The number of benzene rings is 6. The van der Waals surface area contributed by atoms with Crippen molar-refractivity contribution in [3.63, 3.8) is 0 Å². The van der Waals surface area contributed by atoms with Gasteiger partial charge in [-0.1, -0.05) is 36.3 Å². The molecule has 6 aromatic heterocycles. The summed E-state index contributed by atoms with van der Waals surface area (Å²) in [4.78, 5) is 248. The number of nitrogens with two attached hydrogens (primary N) is 6. The standard InChI is InChI=1S/6C15H15N3O3/c6*1-8-17-11-4-2-3-10(16)14(11)15(21)18(8)12-6-5-9(19)7-13(12)20/h6*2-4,12H,5-7,16H2,1H3/t4*12-;;/m1100../s1/i2D,3D,4D,5D2,6D2,12D;2D,3D,4D,12D;2D,3D,4D,5D2,6D2,12D;2D,3D,4D,12D;2D,3D,4D,5D2,6D2,12D;2D,3D,4D,5D2,6D2. The first-order valence-electron chi connectivity index (χ1n) is 56.4. The first-order valence-corrected chi connectivity index (χ1v) is 36.9. The summed E-state index contributed by atoms with van der Waals surface area (Å²) in [6.45, 7) is 7.49. The van der Waals surface area contributed by atoms with Gasteiger partial charge in [0.1, 0.15) is 69.6 Å². The lowest BCUT2D eigenvalue weighted by atomic mass is 9.92. The minimum atomic E-state index is -3.45. The molecule has 6 aliphatic rings. The fourth-order valence-electron chi connectivity index (χ4n) is 13.5. The molecule has 0 amide bonds. The molecule has 0 aliphatic heterocycles. The minimum Gasteiger partial charge on any atom is -0.398 e. The van der Waals surface area contributed by atoms with Crippen LogP contribution in [-0.2, 0) is 57.5 Å². The van der Waals surface area contributed by atoms with Crippen LogP contribution in [0.5, 0.6) is 0 Å². The molecule has 6 aliphatic carbocycles. The van der Waals surface area contributed by atoms with Crippen molar-refractivity contribution in [1.82, 2.24) is 57.3 Å². The fraction of sp³-hybridized carbons (Fsp3) is 0.333. The average Bonchev–Trinajstić information content (AvgIpc) is 0.693. The van der Waals surface area contributed by atoms with Gasteiger partial charge in [-0.25, -0.2) is 29.9 Å². The molecule has 0 bridgehead atoms. The van der Waals surface area contributed by atoms with Crippen LogP contribution in [0, 0.1) is 41.5 Å². The van der Waals surface area contributed by atoms with Crippen LogP contribution in [0.3, 0.4) is 0 Å². The number of hydrogen-bond donors (Lipinski definition) is 6. The zero-order valence-electron chi connectivity index (χ0n) is 105. The number of ketones is 12. The molecule has 0 spiro atoms. The topological polar surface area (TPSA) is 570 Å². The number of carbonyl (C=O) groups is 12. The first-order chi connectivity index (χ1) is 75.3. The summed E-state index contributed by atoms with van der Waals surface area (Å²) in [5.74, 6) is -13.7. The number of Topliss-reactive ketones (excluding diaryl/α,β-unsaturated/α-hetero) is 12. The van der Waals surface area contributed by atoms with Gasteiger partial charge in [-0.05, 0) is 152 Å². The van der Waals surface area contributed by atoms with Crippen molar-refractivity contribution < 1.29 is 111 Å². The van der Waals surface area contributed by atoms with Crippen LogP contribution in [0.1, 0.15) is 240 Å². The maximum Gasteiger partial charge on any atom is 0.264 e. The first kappa shape index (κ1) is 51.2. The molecule has 6 saturated carbocycles. The van der Waals surface area contributed by atoms with Gasteiger partial charge in [-0.3, -0.25) is 114 Å². The van der Waals surface area contributed by atoms with Gasteiger partial charge < -0.3 is 34.4 Å². The molecule has 2 unspecified atom stereocenters. The highest BCUT2D eigenvalue weighted by Crippen LogP contribution is 2.33. The van der Waals surface area contributed by atoms with E-state index in [-0.39, 0.29) is 110 Å². The molecule has 6 atom stereocenters. The number of fused-ring (bicyclic) bond motifs is 6. The number of nitrogens with zero attached hydrogens (tertiary/aromatic N) is 12. The van der Waals surface area contributed by atoms with Gasteiger partial charge in [0.2, 0.25) is 0 Å². The predicted octanol–water partition coefficient (Wildman–Crippen LogP) is 6.90. The van der Waals surface area contributed by atoms with Gasteiger partial charge in [0, 0.05) is 94.4 Å². The van der Waals surface area contributed by atoms with E-state index >= 15 is 0 Å². The van der Waals surface area contributed by atoms with Gasteiger partial charge >= 0.3 is 0 Å². The van der Waals surface area contributed by atoms with Crippen molar-refractivity contribution in [2.24, 2.45) is 0 Å². The summed E-state index contributed by atoms with van der Waals surface area (Å²) in [6.07, 6.45) is -31.6.